The van der Waals surface area contributed by atoms with E-state index < -0.39 is 0 Å². The van der Waals surface area contributed by atoms with Crippen molar-refractivity contribution >= 4 is 5.97 Å². The molecule has 3 saturated carbocycles. The van der Waals surface area contributed by atoms with E-state index in [1.807, 2.05) is 0 Å². The Bertz CT molecular complexity index is 767. The quantitative estimate of drug-likeness (QED) is 0.305. The minimum absolute atomic E-state index is 0.104. The van der Waals surface area contributed by atoms with Crippen LogP contribution in [0.25, 0.3) is 0 Å². The summed E-state index contributed by atoms with van der Waals surface area (Å²) < 4.78 is 5.62. The third-order valence-corrected chi connectivity index (χ3v) is 10.8. The number of fused-ring (bicyclic) bond motifs is 5. The zero-order valence-corrected chi connectivity index (χ0v) is 22.2. The fourth-order valence-corrected chi connectivity index (χ4v) is 8.91. The standard InChI is InChI=1S/C30H49NO2/c1-7-31(8-2)19-9-10-21(3)26-13-14-27-25-12-11-23-20-24(33-22(4)32)15-17-29(23,5)28(25)16-18-30(26,27)6/h9-11,21,24-28H,7-8,12-20H2,1-6H3/b10-9-/t21-,24+,25+,26-,27+,28+,29+,30-/m1/s1. The molecule has 0 spiro atoms. The molecule has 0 unspecified atom stereocenters. The highest BCUT2D eigenvalue weighted by Gasteiger charge is 2.59. The van der Waals surface area contributed by atoms with Gasteiger partial charge in [-0.15, -0.1) is 0 Å². The van der Waals surface area contributed by atoms with Crippen LogP contribution >= 0.6 is 0 Å². The maximum absolute atomic E-state index is 11.5. The van der Waals surface area contributed by atoms with Crippen molar-refractivity contribution in [3.05, 3.63) is 23.8 Å². The number of hydrogen-bond acceptors (Lipinski definition) is 3. The van der Waals surface area contributed by atoms with Gasteiger partial charge in [-0.3, -0.25) is 4.79 Å². The van der Waals surface area contributed by atoms with E-state index in [-0.39, 0.29) is 12.1 Å². The first kappa shape index (κ1) is 25.0. The SMILES string of the molecule is CCN(CC)C/C=C\[C@@H](C)[C@H]1CC[C@H]2[C@@H]3CC=C4C[C@@H](OC(C)=O)CC[C@]4(C)[C@H]3CC[C@]12C. The van der Waals surface area contributed by atoms with Gasteiger partial charge in [-0.1, -0.05) is 58.4 Å². The van der Waals surface area contributed by atoms with Gasteiger partial charge in [0, 0.05) is 19.9 Å². The molecule has 3 nitrogen and oxygen atoms in total. The second-order valence-electron chi connectivity index (χ2n) is 12.2. The number of carbonyl (C=O) groups excluding carboxylic acids is 1. The summed E-state index contributed by atoms with van der Waals surface area (Å²) in [4.78, 5) is 14.0. The van der Waals surface area contributed by atoms with E-state index in [1.54, 1.807) is 12.5 Å². The molecule has 0 radical (unpaired) electrons. The fraction of sp³-hybridized carbons (Fsp3) is 0.833. The predicted molar refractivity (Wildman–Crippen MR) is 137 cm³/mol. The minimum Gasteiger partial charge on any atom is -0.462 e. The molecule has 3 fully saturated rings. The van der Waals surface area contributed by atoms with Gasteiger partial charge in [0.1, 0.15) is 6.10 Å². The average Bonchev–Trinajstić information content (AvgIpc) is 3.14. The van der Waals surface area contributed by atoms with Gasteiger partial charge >= 0.3 is 5.97 Å². The first-order valence-electron chi connectivity index (χ1n) is 14.0. The van der Waals surface area contributed by atoms with E-state index in [0.29, 0.717) is 16.7 Å². The largest absolute Gasteiger partial charge is 0.462 e. The van der Waals surface area contributed by atoms with Crippen LogP contribution in [0.5, 0.6) is 0 Å². The lowest BCUT2D eigenvalue weighted by Gasteiger charge is -2.58. The van der Waals surface area contributed by atoms with Gasteiger partial charge in [0.05, 0.1) is 0 Å². The summed E-state index contributed by atoms with van der Waals surface area (Å²) in [5.74, 6) is 3.93. The van der Waals surface area contributed by atoms with Gasteiger partial charge in [-0.25, -0.2) is 0 Å². The third kappa shape index (κ3) is 4.60. The summed E-state index contributed by atoms with van der Waals surface area (Å²) in [6.45, 7) is 17.1. The van der Waals surface area contributed by atoms with Crippen LogP contribution in [0.15, 0.2) is 23.8 Å². The second-order valence-corrected chi connectivity index (χ2v) is 12.2. The molecule has 4 aliphatic rings. The lowest BCUT2D eigenvalue weighted by molar-refractivity contribution is -0.148. The number of hydrogen-bond donors (Lipinski definition) is 0. The Balaban J connectivity index is 1.46. The van der Waals surface area contributed by atoms with Crippen molar-refractivity contribution in [2.24, 2.45) is 40.4 Å². The monoisotopic (exact) mass is 455 g/mol. The van der Waals surface area contributed by atoms with Crippen LogP contribution in [0.1, 0.15) is 92.9 Å². The van der Waals surface area contributed by atoms with Crippen LogP contribution < -0.4 is 0 Å². The van der Waals surface area contributed by atoms with Crippen LogP contribution in [-0.4, -0.2) is 36.6 Å². The molecule has 4 aliphatic carbocycles. The van der Waals surface area contributed by atoms with Crippen LogP contribution in [0, 0.1) is 40.4 Å². The van der Waals surface area contributed by atoms with E-state index in [9.17, 15) is 4.79 Å². The number of likely N-dealkylation sites (N-methyl/N-ethyl adjacent to an activating group) is 1. The van der Waals surface area contributed by atoms with Crippen molar-refractivity contribution in [1.82, 2.24) is 4.90 Å². The lowest BCUT2D eigenvalue weighted by atomic mass is 9.47. The van der Waals surface area contributed by atoms with Crippen molar-refractivity contribution in [2.45, 2.75) is 99.0 Å². The highest BCUT2D eigenvalue weighted by atomic mass is 16.5. The van der Waals surface area contributed by atoms with Crippen LogP contribution in [-0.2, 0) is 9.53 Å². The van der Waals surface area contributed by atoms with Gasteiger partial charge in [0.25, 0.3) is 0 Å². The molecule has 0 heterocycles. The lowest BCUT2D eigenvalue weighted by Crippen LogP contribution is -2.51. The van der Waals surface area contributed by atoms with Crippen LogP contribution in [0.4, 0.5) is 0 Å². The van der Waals surface area contributed by atoms with Crippen molar-refractivity contribution in [3.63, 3.8) is 0 Å². The van der Waals surface area contributed by atoms with E-state index >= 15 is 0 Å². The molecule has 0 saturated heterocycles. The highest BCUT2D eigenvalue weighted by Crippen LogP contribution is 2.67. The molecule has 0 aromatic carbocycles. The van der Waals surface area contributed by atoms with Crippen molar-refractivity contribution < 1.29 is 9.53 Å². The molecular weight excluding hydrogens is 406 g/mol. The highest BCUT2D eigenvalue weighted by molar-refractivity contribution is 5.66. The molecule has 8 atom stereocenters. The Morgan fingerprint density at radius 1 is 1.15 bits per heavy atom. The third-order valence-electron chi connectivity index (χ3n) is 10.8. The molecule has 186 valence electrons. The molecule has 4 rings (SSSR count). The molecule has 0 aromatic rings. The van der Waals surface area contributed by atoms with E-state index in [2.05, 4.69) is 57.7 Å². The number of rotatable bonds is 7. The maximum Gasteiger partial charge on any atom is 0.302 e. The Kier molecular flexibility index (Phi) is 7.49. The van der Waals surface area contributed by atoms with E-state index in [4.69, 9.17) is 4.74 Å². The second kappa shape index (κ2) is 9.88. The average molecular weight is 456 g/mol. The fourth-order valence-electron chi connectivity index (χ4n) is 8.91. The van der Waals surface area contributed by atoms with E-state index in [0.717, 1.165) is 56.1 Å². The number of ether oxygens (including phenoxy) is 1. The first-order valence-corrected chi connectivity index (χ1v) is 14.0. The summed E-state index contributed by atoms with van der Waals surface area (Å²) in [5, 5.41) is 0. The van der Waals surface area contributed by atoms with Gasteiger partial charge in [-0.2, -0.15) is 0 Å². The van der Waals surface area contributed by atoms with Crippen LogP contribution in [0.2, 0.25) is 0 Å². The molecule has 3 heteroatoms. The molecule has 0 bridgehead atoms. The Hall–Kier alpha value is -1.09. The Morgan fingerprint density at radius 3 is 2.61 bits per heavy atom. The molecule has 0 amide bonds. The number of carbonyl (C=O) groups is 1. The van der Waals surface area contributed by atoms with Crippen molar-refractivity contribution in [1.29, 1.82) is 0 Å². The predicted octanol–water partition coefficient (Wildman–Crippen LogP) is 7.03. The van der Waals surface area contributed by atoms with Crippen molar-refractivity contribution in [2.75, 3.05) is 19.6 Å². The molecule has 0 aliphatic heterocycles. The zero-order chi connectivity index (χ0) is 23.8. The van der Waals surface area contributed by atoms with Gasteiger partial charge in [-0.05, 0) is 98.5 Å². The summed E-state index contributed by atoms with van der Waals surface area (Å²) in [6, 6.07) is 0. The Labute approximate surface area is 203 Å². The van der Waals surface area contributed by atoms with Crippen molar-refractivity contribution in [3.8, 4) is 0 Å². The normalized spacial score (nSPS) is 41.3. The minimum atomic E-state index is -0.122. The van der Waals surface area contributed by atoms with Gasteiger partial charge in [0.2, 0.25) is 0 Å². The number of nitrogens with zero attached hydrogens (tertiary/aromatic N) is 1. The Morgan fingerprint density at radius 2 is 1.91 bits per heavy atom. The molecule has 0 aromatic heterocycles. The molecule has 0 N–H and O–H groups in total. The maximum atomic E-state index is 11.5. The zero-order valence-electron chi connectivity index (χ0n) is 22.2. The molecular formula is C30H49NO2. The van der Waals surface area contributed by atoms with E-state index in [1.165, 1.54) is 38.5 Å². The molecule has 33 heavy (non-hydrogen) atoms. The van der Waals surface area contributed by atoms with Gasteiger partial charge < -0.3 is 9.64 Å². The number of esters is 1. The van der Waals surface area contributed by atoms with Crippen LogP contribution in [0.3, 0.4) is 0 Å². The smallest absolute Gasteiger partial charge is 0.302 e. The summed E-state index contributed by atoms with van der Waals surface area (Å²) in [5.41, 5.74) is 2.43. The topological polar surface area (TPSA) is 29.5 Å². The summed E-state index contributed by atoms with van der Waals surface area (Å²) in [7, 11) is 0. The van der Waals surface area contributed by atoms with Gasteiger partial charge in [0.15, 0.2) is 0 Å². The number of allylic oxidation sites excluding steroid dienone is 2. The summed E-state index contributed by atoms with van der Waals surface area (Å²) >= 11 is 0. The summed E-state index contributed by atoms with van der Waals surface area (Å²) in [6.07, 6.45) is 17.7. The first-order chi connectivity index (χ1) is 15.7.